The largest absolute Gasteiger partial charge is 0.493 e. The molecule has 1 atom stereocenters. The van der Waals surface area contributed by atoms with Crippen LogP contribution >= 0.6 is 0 Å². The van der Waals surface area contributed by atoms with Crippen molar-refractivity contribution in [2.45, 2.75) is 33.2 Å². The highest BCUT2D eigenvalue weighted by atomic mass is 16.5. The molecule has 0 fully saturated rings. The monoisotopic (exact) mass is 413 g/mol. The normalized spacial score (nSPS) is 15.9. The number of hydrogen-bond acceptors (Lipinski definition) is 5. The van der Waals surface area contributed by atoms with Crippen LogP contribution in [0.25, 0.3) is 0 Å². The first-order valence-corrected chi connectivity index (χ1v) is 10.1. The molecular weight excluding hydrogens is 382 g/mol. The number of para-hydroxylation sites is 2. The summed E-state index contributed by atoms with van der Waals surface area (Å²) in [4.78, 5) is 15.2. The Hall–Kier alpha value is -2.89. The molecule has 3 rings (SSSR count). The van der Waals surface area contributed by atoms with Gasteiger partial charge in [-0.3, -0.25) is 4.79 Å². The Kier molecular flexibility index (Phi) is 6.44. The molecular formula is C24H31NO5. The van der Waals surface area contributed by atoms with Gasteiger partial charge in [0.05, 0.1) is 27.4 Å². The molecule has 6 heteroatoms. The highest BCUT2D eigenvalue weighted by Crippen LogP contribution is 2.40. The first kappa shape index (κ1) is 21.8. The van der Waals surface area contributed by atoms with Gasteiger partial charge in [0, 0.05) is 12.0 Å². The van der Waals surface area contributed by atoms with Crippen LogP contribution in [0.15, 0.2) is 36.4 Å². The summed E-state index contributed by atoms with van der Waals surface area (Å²) in [6.45, 7) is 6.76. The van der Waals surface area contributed by atoms with E-state index in [9.17, 15) is 4.79 Å². The quantitative estimate of drug-likeness (QED) is 0.708. The summed E-state index contributed by atoms with van der Waals surface area (Å²) in [5, 5.41) is 0. The van der Waals surface area contributed by atoms with Gasteiger partial charge >= 0.3 is 0 Å². The minimum absolute atomic E-state index is 0.0940. The lowest BCUT2D eigenvalue weighted by Gasteiger charge is -2.40. The Balaban J connectivity index is 2.00. The van der Waals surface area contributed by atoms with Crippen LogP contribution in [0.1, 0.15) is 37.9 Å². The summed E-state index contributed by atoms with van der Waals surface area (Å²) in [7, 11) is 4.86. The maximum absolute atomic E-state index is 13.2. The van der Waals surface area contributed by atoms with E-state index >= 15 is 0 Å². The van der Waals surface area contributed by atoms with Gasteiger partial charge in [-0.1, -0.05) is 32.9 Å². The molecule has 0 unspecified atom stereocenters. The van der Waals surface area contributed by atoms with Crippen molar-refractivity contribution in [3.63, 3.8) is 0 Å². The van der Waals surface area contributed by atoms with Crippen LogP contribution in [0.4, 0.5) is 0 Å². The molecule has 162 valence electrons. The van der Waals surface area contributed by atoms with Crippen LogP contribution in [0.5, 0.6) is 23.0 Å². The zero-order valence-corrected chi connectivity index (χ0v) is 18.7. The predicted octanol–water partition coefficient (Wildman–Crippen LogP) is 4.26. The second-order valence-electron chi connectivity index (χ2n) is 8.38. The first-order valence-electron chi connectivity index (χ1n) is 10.1. The molecule has 1 amide bonds. The molecule has 0 saturated heterocycles. The molecule has 2 aromatic carbocycles. The number of benzene rings is 2. The molecule has 30 heavy (non-hydrogen) atoms. The van der Waals surface area contributed by atoms with Gasteiger partial charge in [-0.25, -0.2) is 0 Å². The van der Waals surface area contributed by atoms with Crippen LogP contribution < -0.4 is 18.9 Å². The Morgan fingerprint density at radius 2 is 1.57 bits per heavy atom. The van der Waals surface area contributed by atoms with Crippen LogP contribution in [-0.4, -0.2) is 45.3 Å². The van der Waals surface area contributed by atoms with Crippen molar-refractivity contribution in [2.24, 2.45) is 5.41 Å². The van der Waals surface area contributed by atoms with Crippen molar-refractivity contribution in [1.82, 2.24) is 4.90 Å². The molecule has 6 nitrogen and oxygen atoms in total. The van der Waals surface area contributed by atoms with Gasteiger partial charge < -0.3 is 23.8 Å². The van der Waals surface area contributed by atoms with Crippen molar-refractivity contribution in [1.29, 1.82) is 0 Å². The predicted molar refractivity (Wildman–Crippen MR) is 116 cm³/mol. The van der Waals surface area contributed by atoms with Crippen LogP contribution in [0.3, 0.4) is 0 Å². The van der Waals surface area contributed by atoms with E-state index in [1.54, 1.807) is 21.3 Å². The van der Waals surface area contributed by atoms with Crippen molar-refractivity contribution < 1.29 is 23.7 Å². The van der Waals surface area contributed by atoms with E-state index in [2.05, 4.69) is 0 Å². The molecule has 1 aliphatic rings. The molecule has 0 saturated carbocycles. The number of methoxy groups -OCH3 is 3. The van der Waals surface area contributed by atoms with Crippen LogP contribution in [0.2, 0.25) is 0 Å². The second-order valence-corrected chi connectivity index (χ2v) is 8.38. The average molecular weight is 414 g/mol. The van der Waals surface area contributed by atoms with Gasteiger partial charge in [0.1, 0.15) is 6.61 Å². The maximum atomic E-state index is 13.2. The number of carbonyl (C=O) groups excluding carboxylic acids is 1. The first-order chi connectivity index (χ1) is 14.3. The van der Waals surface area contributed by atoms with Gasteiger partial charge in [-0.15, -0.1) is 0 Å². The summed E-state index contributed by atoms with van der Waals surface area (Å²) in [6.07, 6.45) is 0.753. The molecule has 0 aromatic heterocycles. The van der Waals surface area contributed by atoms with E-state index in [0.717, 1.165) is 17.5 Å². The molecule has 0 spiro atoms. The molecule has 0 bridgehead atoms. The lowest BCUT2D eigenvalue weighted by atomic mass is 9.88. The van der Waals surface area contributed by atoms with Crippen molar-refractivity contribution in [3.05, 3.63) is 47.5 Å². The summed E-state index contributed by atoms with van der Waals surface area (Å²) < 4.78 is 22.6. The Morgan fingerprint density at radius 3 is 2.17 bits per heavy atom. The molecule has 0 aliphatic carbocycles. The van der Waals surface area contributed by atoms with E-state index in [0.29, 0.717) is 36.1 Å². The summed E-state index contributed by atoms with van der Waals surface area (Å²) in [5.41, 5.74) is 1.67. The number of hydrogen-bond donors (Lipinski definition) is 0. The Morgan fingerprint density at radius 1 is 0.967 bits per heavy atom. The minimum atomic E-state index is -0.489. The summed E-state index contributed by atoms with van der Waals surface area (Å²) >= 11 is 0. The summed E-state index contributed by atoms with van der Waals surface area (Å²) in [6, 6.07) is 11.2. The van der Waals surface area contributed by atoms with Gasteiger partial charge in [0.25, 0.3) is 0 Å². The van der Waals surface area contributed by atoms with Gasteiger partial charge in [-0.2, -0.15) is 0 Å². The number of carbonyl (C=O) groups is 1. The lowest BCUT2D eigenvalue weighted by molar-refractivity contribution is -0.143. The topological polar surface area (TPSA) is 57.2 Å². The van der Waals surface area contributed by atoms with E-state index in [1.807, 2.05) is 62.1 Å². The molecule has 0 N–H and O–H groups in total. The average Bonchev–Trinajstić information content (AvgIpc) is 2.75. The van der Waals surface area contributed by atoms with Crippen molar-refractivity contribution in [3.8, 4) is 23.0 Å². The standard InChI is InChI=1S/C24H31NO5/c1-24(2,3)23(26)25-12-11-16-13-21(28-5)22(29-6)14-17(16)18(25)15-30-20-10-8-7-9-19(20)27-4/h7-10,13-14,18H,11-12,15H2,1-6H3/t18-/m1/s1. The van der Waals surface area contributed by atoms with E-state index in [-0.39, 0.29) is 11.9 Å². The number of ether oxygens (including phenoxy) is 4. The number of fused-ring (bicyclic) bond motifs is 1. The third kappa shape index (κ3) is 4.32. The maximum Gasteiger partial charge on any atom is 0.228 e. The number of amides is 1. The number of nitrogens with zero attached hydrogens (tertiary/aromatic N) is 1. The molecule has 2 aromatic rings. The second kappa shape index (κ2) is 8.86. The van der Waals surface area contributed by atoms with E-state index in [4.69, 9.17) is 18.9 Å². The fraction of sp³-hybridized carbons (Fsp3) is 0.458. The van der Waals surface area contributed by atoms with Crippen molar-refractivity contribution >= 4 is 5.91 Å². The zero-order valence-electron chi connectivity index (χ0n) is 18.7. The minimum Gasteiger partial charge on any atom is -0.493 e. The highest BCUT2D eigenvalue weighted by Gasteiger charge is 2.37. The highest BCUT2D eigenvalue weighted by molar-refractivity contribution is 5.82. The van der Waals surface area contributed by atoms with Crippen LogP contribution in [0, 0.1) is 5.41 Å². The molecule has 1 aliphatic heterocycles. The fourth-order valence-electron chi connectivity index (χ4n) is 3.79. The zero-order chi connectivity index (χ0) is 21.9. The SMILES string of the molecule is COc1cc2c(cc1OC)[C@@H](COc1ccccc1OC)N(C(=O)C(C)(C)C)CC2. The lowest BCUT2D eigenvalue weighted by Crippen LogP contribution is -2.47. The van der Waals surface area contributed by atoms with E-state index < -0.39 is 5.41 Å². The Labute approximate surface area is 178 Å². The van der Waals surface area contributed by atoms with Gasteiger partial charge in [0.15, 0.2) is 23.0 Å². The summed E-state index contributed by atoms with van der Waals surface area (Å²) in [5.74, 6) is 2.74. The third-order valence-electron chi connectivity index (χ3n) is 5.37. The molecule has 0 radical (unpaired) electrons. The van der Waals surface area contributed by atoms with Gasteiger partial charge in [0.2, 0.25) is 5.91 Å². The van der Waals surface area contributed by atoms with Crippen molar-refractivity contribution in [2.75, 3.05) is 34.5 Å². The third-order valence-corrected chi connectivity index (χ3v) is 5.37. The van der Waals surface area contributed by atoms with Crippen LogP contribution in [-0.2, 0) is 11.2 Å². The fourth-order valence-corrected chi connectivity index (χ4v) is 3.79. The molecule has 1 heterocycles. The number of rotatable bonds is 6. The smallest absolute Gasteiger partial charge is 0.228 e. The Bertz CT molecular complexity index is 903. The van der Waals surface area contributed by atoms with Gasteiger partial charge in [-0.05, 0) is 41.8 Å². The van der Waals surface area contributed by atoms with E-state index in [1.165, 1.54) is 0 Å².